The van der Waals surface area contributed by atoms with Gasteiger partial charge in [-0.15, -0.1) is 0 Å². The summed E-state index contributed by atoms with van der Waals surface area (Å²) in [6.45, 7) is 1.55. The first-order valence-corrected chi connectivity index (χ1v) is 6.80. The molecule has 0 radical (unpaired) electrons. The summed E-state index contributed by atoms with van der Waals surface area (Å²) in [4.78, 5) is 28.0. The van der Waals surface area contributed by atoms with E-state index in [9.17, 15) is 9.59 Å². The van der Waals surface area contributed by atoms with Gasteiger partial charge in [-0.1, -0.05) is 31.5 Å². The van der Waals surface area contributed by atoms with Crippen LogP contribution in [0, 0.1) is 0 Å². The lowest BCUT2D eigenvalue weighted by Crippen LogP contribution is -2.35. The highest BCUT2D eigenvalue weighted by atomic mass is 16.7. The molecular weight excluding hydrogens is 270 g/mol. The van der Waals surface area contributed by atoms with Crippen molar-refractivity contribution in [1.82, 2.24) is 0 Å². The van der Waals surface area contributed by atoms with Crippen molar-refractivity contribution >= 4 is 18.2 Å². The lowest BCUT2D eigenvalue weighted by atomic mass is 9.95. The summed E-state index contributed by atoms with van der Waals surface area (Å²) in [5.41, 5.74) is -0.552. The van der Waals surface area contributed by atoms with E-state index in [0.717, 1.165) is 6.42 Å². The second kappa shape index (κ2) is 6.83. The molecule has 0 aliphatic carbocycles. The smallest absolute Gasteiger partial charge is 0.340 e. The Balaban J connectivity index is 1.86. The first-order valence-electron chi connectivity index (χ1n) is 6.80. The van der Waals surface area contributed by atoms with Crippen molar-refractivity contribution in [3.8, 4) is 0 Å². The third-order valence-electron chi connectivity index (χ3n) is 3.14. The number of ether oxygens (including phenoxy) is 2. The Kier molecular flexibility index (Phi) is 4.87. The summed E-state index contributed by atoms with van der Waals surface area (Å²) in [5.74, 6) is -1.03. The third kappa shape index (κ3) is 3.56. The number of aliphatic imine (C=N–C) groups is 1. The van der Waals surface area contributed by atoms with Gasteiger partial charge in [0.25, 0.3) is 0 Å². The fraction of sp³-hybridized carbons (Fsp3) is 0.312. The lowest BCUT2D eigenvalue weighted by molar-refractivity contribution is -0.156. The van der Waals surface area contributed by atoms with Gasteiger partial charge in [0, 0.05) is 6.21 Å². The molecule has 0 fully saturated rings. The molecule has 21 heavy (non-hydrogen) atoms. The van der Waals surface area contributed by atoms with Gasteiger partial charge in [-0.05, 0) is 30.7 Å². The standard InChI is InChI=1S/C16H17NO4/c1-2-9-16(10-6-11-17-16)15(19)21-12-20-14(18)13-7-4-3-5-8-13/h3-8,10-11H,2,9,12H2,1H3. The molecule has 1 aliphatic rings. The Morgan fingerprint density at radius 1 is 1.19 bits per heavy atom. The van der Waals surface area contributed by atoms with Crippen LogP contribution in [0.1, 0.15) is 30.1 Å². The lowest BCUT2D eigenvalue weighted by Gasteiger charge is -2.21. The average molecular weight is 287 g/mol. The molecule has 1 aromatic carbocycles. The molecule has 110 valence electrons. The van der Waals surface area contributed by atoms with Crippen molar-refractivity contribution in [3.05, 3.63) is 48.0 Å². The number of carbonyl (C=O) groups is 2. The van der Waals surface area contributed by atoms with Crippen molar-refractivity contribution in [1.29, 1.82) is 0 Å². The topological polar surface area (TPSA) is 65.0 Å². The quantitative estimate of drug-likeness (QED) is 0.595. The Hall–Kier alpha value is -2.43. The summed E-state index contributed by atoms with van der Waals surface area (Å²) in [5, 5.41) is 0. The Labute approximate surface area is 123 Å². The van der Waals surface area contributed by atoms with Crippen LogP contribution in [0.4, 0.5) is 0 Å². The van der Waals surface area contributed by atoms with E-state index in [1.807, 2.05) is 6.92 Å². The van der Waals surface area contributed by atoms with Gasteiger partial charge in [0.05, 0.1) is 5.56 Å². The maximum absolute atomic E-state index is 12.1. The molecule has 0 bridgehead atoms. The van der Waals surface area contributed by atoms with Gasteiger partial charge in [0.1, 0.15) is 0 Å². The van der Waals surface area contributed by atoms with E-state index in [1.54, 1.807) is 48.7 Å². The predicted octanol–water partition coefficient (Wildman–Crippen LogP) is 2.52. The highest BCUT2D eigenvalue weighted by molar-refractivity contribution is 5.91. The molecule has 5 nitrogen and oxygen atoms in total. The molecular formula is C16H17NO4. The SMILES string of the molecule is CCCC1(C(=O)OCOC(=O)c2ccccc2)C=CC=N1. The molecule has 0 spiro atoms. The van der Waals surface area contributed by atoms with Crippen molar-refractivity contribution < 1.29 is 19.1 Å². The summed E-state index contributed by atoms with van der Waals surface area (Å²) in [6.07, 6.45) is 6.35. The van der Waals surface area contributed by atoms with Crippen LogP contribution < -0.4 is 0 Å². The fourth-order valence-electron chi connectivity index (χ4n) is 2.09. The maximum atomic E-state index is 12.1. The van der Waals surface area contributed by atoms with Crippen LogP contribution in [0.5, 0.6) is 0 Å². The van der Waals surface area contributed by atoms with Crippen LogP contribution in [0.2, 0.25) is 0 Å². The van der Waals surface area contributed by atoms with E-state index < -0.39 is 24.3 Å². The maximum Gasteiger partial charge on any atom is 0.340 e. The Bertz CT molecular complexity index is 551. The van der Waals surface area contributed by atoms with E-state index >= 15 is 0 Å². The highest BCUT2D eigenvalue weighted by Crippen LogP contribution is 2.25. The number of hydrogen-bond acceptors (Lipinski definition) is 5. The molecule has 0 N–H and O–H groups in total. The zero-order valence-electron chi connectivity index (χ0n) is 11.8. The Morgan fingerprint density at radius 3 is 2.57 bits per heavy atom. The van der Waals surface area contributed by atoms with E-state index in [-0.39, 0.29) is 0 Å². The number of rotatable bonds is 6. The van der Waals surface area contributed by atoms with Gasteiger partial charge < -0.3 is 9.47 Å². The van der Waals surface area contributed by atoms with Crippen LogP contribution in [0.15, 0.2) is 47.5 Å². The minimum absolute atomic E-state index is 0.413. The van der Waals surface area contributed by atoms with Gasteiger partial charge in [0.2, 0.25) is 6.79 Å². The number of benzene rings is 1. The zero-order valence-corrected chi connectivity index (χ0v) is 11.8. The molecule has 1 heterocycles. The van der Waals surface area contributed by atoms with E-state index in [0.29, 0.717) is 12.0 Å². The summed E-state index contributed by atoms with van der Waals surface area (Å²) in [7, 11) is 0. The van der Waals surface area contributed by atoms with E-state index in [2.05, 4.69) is 4.99 Å². The Morgan fingerprint density at radius 2 is 1.95 bits per heavy atom. The molecule has 0 aromatic heterocycles. The monoisotopic (exact) mass is 287 g/mol. The molecule has 0 saturated heterocycles. The summed E-state index contributed by atoms with van der Waals surface area (Å²) < 4.78 is 9.95. The van der Waals surface area contributed by atoms with Gasteiger partial charge in [-0.3, -0.25) is 4.99 Å². The molecule has 1 aliphatic heterocycles. The molecule has 0 saturated carbocycles. The number of esters is 2. The van der Waals surface area contributed by atoms with Crippen LogP contribution in [0.25, 0.3) is 0 Å². The third-order valence-corrected chi connectivity index (χ3v) is 3.14. The molecule has 5 heteroatoms. The van der Waals surface area contributed by atoms with Crippen molar-refractivity contribution in [3.63, 3.8) is 0 Å². The molecule has 1 aromatic rings. The first-order chi connectivity index (χ1) is 10.2. The van der Waals surface area contributed by atoms with E-state index in [4.69, 9.17) is 9.47 Å². The van der Waals surface area contributed by atoms with Gasteiger partial charge in [0.15, 0.2) is 5.54 Å². The normalized spacial score (nSPS) is 19.5. The predicted molar refractivity (Wildman–Crippen MR) is 78.1 cm³/mol. The average Bonchev–Trinajstić information content (AvgIpc) is 2.98. The van der Waals surface area contributed by atoms with Crippen LogP contribution in [-0.2, 0) is 14.3 Å². The second-order valence-corrected chi connectivity index (χ2v) is 4.66. The van der Waals surface area contributed by atoms with Gasteiger partial charge in [-0.25, -0.2) is 9.59 Å². The summed E-state index contributed by atoms with van der Waals surface area (Å²) >= 11 is 0. The number of hydrogen-bond donors (Lipinski definition) is 0. The first kappa shape index (κ1) is 15.0. The molecule has 1 unspecified atom stereocenters. The highest BCUT2D eigenvalue weighted by Gasteiger charge is 2.37. The minimum Gasteiger partial charge on any atom is -0.426 e. The van der Waals surface area contributed by atoms with Crippen molar-refractivity contribution in [2.45, 2.75) is 25.3 Å². The second-order valence-electron chi connectivity index (χ2n) is 4.66. The minimum atomic E-state index is -0.964. The number of nitrogens with zero attached hydrogens (tertiary/aromatic N) is 1. The number of allylic oxidation sites excluding steroid dienone is 1. The van der Waals surface area contributed by atoms with Crippen LogP contribution in [0.3, 0.4) is 0 Å². The van der Waals surface area contributed by atoms with Gasteiger partial charge >= 0.3 is 11.9 Å². The number of carbonyl (C=O) groups excluding carboxylic acids is 2. The largest absolute Gasteiger partial charge is 0.426 e. The molecule has 0 amide bonds. The zero-order chi connectivity index (χ0) is 15.1. The van der Waals surface area contributed by atoms with Crippen LogP contribution >= 0.6 is 0 Å². The van der Waals surface area contributed by atoms with Crippen molar-refractivity contribution in [2.24, 2.45) is 4.99 Å². The molecule has 1 atom stereocenters. The molecule has 2 rings (SSSR count). The fourth-order valence-corrected chi connectivity index (χ4v) is 2.09. The van der Waals surface area contributed by atoms with E-state index in [1.165, 1.54) is 0 Å². The summed E-state index contributed by atoms with van der Waals surface area (Å²) in [6, 6.07) is 8.53. The van der Waals surface area contributed by atoms with Gasteiger partial charge in [-0.2, -0.15) is 0 Å². The van der Waals surface area contributed by atoms with Crippen LogP contribution in [-0.4, -0.2) is 30.5 Å². The van der Waals surface area contributed by atoms with Crippen molar-refractivity contribution in [2.75, 3.05) is 6.79 Å².